The lowest BCUT2D eigenvalue weighted by atomic mass is 10.0. The third kappa shape index (κ3) is 3.97. The lowest BCUT2D eigenvalue weighted by Gasteiger charge is -2.21. The highest BCUT2D eigenvalue weighted by atomic mass is 19.4. The van der Waals surface area contributed by atoms with Crippen LogP contribution in [-0.2, 0) is 4.79 Å². The van der Waals surface area contributed by atoms with E-state index in [0.717, 1.165) is 0 Å². The van der Waals surface area contributed by atoms with Gasteiger partial charge >= 0.3 is 12.4 Å². The van der Waals surface area contributed by atoms with Crippen LogP contribution in [0.25, 0.3) is 0 Å². The van der Waals surface area contributed by atoms with Gasteiger partial charge in [0, 0.05) is 12.8 Å². The van der Waals surface area contributed by atoms with Crippen molar-refractivity contribution in [1.82, 2.24) is 0 Å². The van der Waals surface area contributed by atoms with Crippen molar-refractivity contribution >= 4 is 5.78 Å². The molecule has 0 saturated heterocycles. The number of rotatable bonds is 3. The van der Waals surface area contributed by atoms with Crippen molar-refractivity contribution in [2.75, 3.05) is 0 Å². The highest BCUT2D eigenvalue weighted by Gasteiger charge is 2.56. The zero-order valence-corrected chi connectivity index (χ0v) is 7.17. The third-order valence-corrected chi connectivity index (χ3v) is 1.62. The van der Waals surface area contributed by atoms with Crippen LogP contribution in [0.4, 0.5) is 26.3 Å². The summed E-state index contributed by atoms with van der Waals surface area (Å²) in [5.74, 6) is -4.59. The Morgan fingerprint density at radius 3 is 1.64 bits per heavy atom. The molecule has 0 aromatic heterocycles. The van der Waals surface area contributed by atoms with Crippen LogP contribution in [-0.4, -0.2) is 18.1 Å². The van der Waals surface area contributed by atoms with Gasteiger partial charge < -0.3 is 0 Å². The summed E-state index contributed by atoms with van der Waals surface area (Å²) < 4.78 is 71.0. The SMILES string of the molecule is CCC(=O)CC(C(F)(F)F)C(F)(F)F. The van der Waals surface area contributed by atoms with Gasteiger partial charge in [0.25, 0.3) is 0 Å². The number of hydrogen-bond donors (Lipinski definition) is 0. The summed E-state index contributed by atoms with van der Waals surface area (Å²) >= 11 is 0. The lowest BCUT2D eigenvalue weighted by Crippen LogP contribution is -2.37. The molecule has 0 saturated carbocycles. The summed E-state index contributed by atoms with van der Waals surface area (Å²) in [7, 11) is 0. The highest BCUT2D eigenvalue weighted by Crippen LogP contribution is 2.41. The normalized spacial score (nSPS) is 13.4. The molecule has 0 N–H and O–H groups in total. The molecule has 0 radical (unpaired) electrons. The maximum Gasteiger partial charge on any atom is 0.400 e. The van der Waals surface area contributed by atoms with Crippen molar-refractivity contribution in [3.05, 3.63) is 0 Å². The van der Waals surface area contributed by atoms with Crippen LogP contribution < -0.4 is 0 Å². The van der Waals surface area contributed by atoms with Crippen molar-refractivity contribution in [3.8, 4) is 0 Å². The second kappa shape index (κ2) is 4.18. The fraction of sp³-hybridized carbons (Fsp3) is 0.857. The number of Topliss-reactive ketones (excluding diaryl/α,β-unsaturated/α-hetero) is 1. The number of halogens is 6. The van der Waals surface area contributed by atoms with E-state index in [2.05, 4.69) is 0 Å². The van der Waals surface area contributed by atoms with Crippen LogP contribution >= 0.6 is 0 Å². The second-order valence-electron chi connectivity index (χ2n) is 2.73. The highest BCUT2D eigenvalue weighted by molar-refractivity contribution is 5.78. The van der Waals surface area contributed by atoms with Gasteiger partial charge in [-0.3, -0.25) is 4.79 Å². The molecule has 0 atom stereocenters. The minimum Gasteiger partial charge on any atom is -0.300 e. The topological polar surface area (TPSA) is 17.1 Å². The number of carbonyl (C=O) groups is 1. The third-order valence-electron chi connectivity index (χ3n) is 1.62. The molecule has 0 aromatic rings. The number of ketones is 1. The largest absolute Gasteiger partial charge is 0.400 e. The molecule has 0 rings (SSSR count). The van der Waals surface area contributed by atoms with Crippen LogP contribution in [0.3, 0.4) is 0 Å². The van der Waals surface area contributed by atoms with Crippen LogP contribution in [0.15, 0.2) is 0 Å². The van der Waals surface area contributed by atoms with E-state index in [-0.39, 0.29) is 6.42 Å². The maximum absolute atomic E-state index is 11.8. The first-order valence-electron chi connectivity index (χ1n) is 3.74. The fourth-order valence-electron chi connectivity index (χ4n) is 0.789. The first-order valence-corrected chi connectivity index (χ1v) is 3.74. The lowest BCUT2D eigenvalue weighted by molar-refractivity contribution is -0.284. The second-order valence-corrected chi connectivity index (χ2v) is 2.73. The van der Waals surface area contributed by atoms with Gasteiger partial charge in [0.05, 0.1) is 0 Å². The predicted octanol–water partition coefficient (Wildman–Crippen LogP) is 3.10. The zero-order chi connectivity index (χ0) is 11.6. The van der Waals surface area contributed by atoms with E-state index in [0.29, 0.717) is 0 Å². The molecular formula is C7H8F6O. The number of hydrogen-bond acceptors (Lipinski definition) is 1. The van der Waals surface area contributed by atoms with Gasteiger partial charge in [0.2, 0.25) is 0 Å². The summed E-state index contributed by atoms with van der Waals surface area (Å²) in [6.45, 7) is 1.21. The Bertz CT molecular complexity index is 189. The quantitative estimate of drug-likeness (QED) is 0.670. The molecule has 0 aliphatic carbocycles. The molecule has 7 heteroatoms. The van der Waals surface area contributed by atoms with E-state index in [4.69, 9.17) is 0 Å². The Morgan fingerprint density at radius 2 is 1.43 bits per heavy atom. The zero-order valence-electron chi connectivity index (χ0n) is 7.17. The summed E-state index contributed by atoms with van der Waals surface area (Å²) in [4.78, 5) is 10.5. The molecule has 0 bridgehead atoms. The van der Waals surface area contributed by atoms with Gasteiger partial charge in [-0.15, -0.1) is 0 Å². The van der Waals surface area contributed by atoms with Gasteiger partial charge in [-0.1, -0.05) is 6.92 Å². The van der Waals surface area contributed by atoms with Gasteiger partial charge in [0.1, 0.15) is 5.78 Å². The van der Waals surface area contributed by atoms with E-state index in [1.165, 1.54) is 6.92 Å². The summed E-state index contributed by atoms with van der Waals surface area (Å²) in [6.07, 6.45) is -12.7. The Kier molecular flexibility index (Phi) is 3.96. The van der Waals surface area contributed by atoms with Crippen molar-refractivity contribution in [1.29, 1.82) is 0 Å². The summed E-state index contributed by atoms with van der Waals surface area (Å²) in [5, 5.41) is 0. The minimum absolute atomic E-state index is 0.331. The Hall–Kier alpha value is -0.750. The monoisotopic (exact) mass is 222 g/mol. The maximum atomic E-state index is 11.8. The first kappa shape index (κ1) is 13.2. The first-order chi connectivity index (χ1) is 6.09. The Balaban J connectivity index is 4.68. The van der Waals surface area contributed by atoms with E-state index < -0.39 is 30.5 Å². The summed E-state index contributed by atoms with van der Waals surface area (Å²) in [6, 6.07) is 0. The molecule has 0 amide bonds. The van der Waals surface area contributed by atoms with Crippen LogP contribution in [0, 0.1) is 5.92 Å². The Labute approximate surface area is 76.1 Å². The van der Waals surface area contributed by atoms with E-state index in [1.54, 1.807) is 0 Å². The molecule has 0 spiro atoms. The molecule has 0 aromatic carbocycles. The van der Waals surface area contributed by atoms with Gasteiger partial charge in [-0.05, 0) is 0 Å². The molecule has 0 unspecified atom stereocenters. The molecule has 84 valence electrons. The van der Waals surface area contributed by atoms with Crippen LogP contribution in [0.5, 0.6) is 0 Å². The fourth-order valence-corrected chi connectivity index (χ4v) is 0.789. The van der Waals surface area contributed by atoms with Crippen molar-refractivity contribution < 1.29 is 31.1 Å². The predicted molar refractivity (Wildman–Crippen MR) is 35.5 cm³/mol. The summed E-state index contributed by atoms with van der Waals surface area (Å²) in [5.41, 5.74) is 0. The molecule has 0 aliphatic heterocycles. The van der Waals surface area contributed by atoms with Crippen molar-refractivity contribution in [3.63, 3.8) is 0 Å². The van der Waals surface area contributed by atoms with E-state index >= 15 is 0 Å². The molecule has 14 heavy (non-hydrogen) atoms. The van der Waals surface area contributed by atoms with Gasteiger partial charge in [-0.25, -0.2) is 0 Å². The molecular weight excluding hydrogens is 214 g/mol. The number of alkyl halides is 6. The standard InChI is InChI=1S/C7H8F6O/c1-2-4(14)3-5(6(8,9)10)7(11,12)13/h5H,2-3H2,1H3. The van der Waals surface area contributed by atoms with Crippen molar-refractivity contribution in [2.24, 2.45) is 5.92 Å². The molecule has 0 aliphatic rings. The van der Waals surface area contributed by atoms with Crippen LogP contribution in [0.1, 0.15) is 19.8 Å². The van der Waals surface area contributed by atoms with E-state index in [9.17, 15) is 31.1 Å². The molecule has 0 heterocycles. The van der Waals surface area contributed by atoms with Gasteiger partial charge in [0.15, 0.2) is 5.92 Å². The average molecular weight is 222 g/mol. The Morgan fingerprint density at radius 1 is 1.07 bits per heavy atom. The van der Waals surface area contributed by atoms with Crippen LogP contribution in [0.2, 0.25) is 0 Å². The van der Waals surface area contributed by atoms with Gasteiger partial charge in [-0.2, -0.15) is 26.3 Å². The molecule has 1 nitrogen and oxygen atoms in total. The smallest absolute Gasteiger partial charge is 0.300 e. The molecule has 0 fully saturated rings. The minimum atomic E-state index is -5.41. The average Bonchev–Trinajstić information content (AvgIpc) is 1.95. The van der Waals surface area contributed by atoms with E-state index in [1.807, 2.05) is 0 Å². The van der Waals surface area contributed by atoms with Crippen molar-refractivity contribution in [2.45, 2.75) is 32.1 Å². The number of carbonyl (C=O) groups excluding carboxylic acids is 1.